The van der Waals surface area contributed by atoms with E-state index < -0.39 is 5.82 Å². The third-order valence-electron chi connectivity index (χ3n) is 3.10. The summed E-state index contributed by atoms with van der Waals surface area (Å²) >= 11 is 0. The number of carbonyl (C=O) groups excluding carboxylic acids is 1. The predicted molar refractivity (Wildman–Crippen MR) is 73.6 cm³/mol. The molecule has 0 N–H and O–H groups in total. The van der Waals surface area contributed by atoms with Gasteiger partial charge in [-0.3, -0.25) is 9.48 Å². The van der Waals surface area contributed by atoms with Crippen molar-refractivity contribution < 1.29 is 13.9 Å². The van der Waals surface area contributed by atoms with Crippen LogP contribution in [0.2, 0.25) is 0 Å². The second kappa shape index (κ2) is 5.86. The number of benzene rings is 1. The van der Waals surface area contributed by atoms with Crippen LogP contribution in [0.5, 0.6) is 5.75 Å². The van der Waals surface area contributed by atoms with E-state index in [-0.39, 0.29) is 23.5 Å². The molecule has 1 heterocycles. The van der Waals surface area contributed by atoms with E-state index >= 15 is 0 Å². The lowest BCUT2D eigenvalue weighted by atomic mass is 10.0. The minimum Gasteiger partial charge on any atom is -0.496 e. The maximum atomic E-state index is 13.9. The fourth-order valence-electron chi connectivity index (χ4n) is 2.21. The van der Waals surface area contributed by atoms with Gasteiger partial charge in [-0.1, -0.05) is 6.07 Å². The zero-order chi connectivity index (χ0) is 14.7. The van der Waals surface area contributed by atoms with Gasteiger partial charge in [0.15, 0.2) is 5.78 Å². The van der Waals surface area contributed by atoms with Crippen LogP contribution in [0.3, 0.4) is 0 Å². The second-order valence-electron chi connectivity index (χ2n) is 4.51. The van der Waals surface area contributed by atoms with Gasteiger partial charge in [-0.05, 0) is 32.0 Å². The van der Waals surface area contributed by atoms with Gasteiger partial charge in [0.2, 0.25) is 0 Å². The Bertz CT molecular complexity index is 635. The molecule has 2 rings (SSSR count). The molecule has 1 aromatic carbocycles. The first kappa shape index (κ1) is 14.2. The number of methoxy groups -OCH3 is 1. The van der Waals surface area contributed by atoms with Gasteiger partial charge in [-0.15, -0.1) is 0 Å². The molecule has 0 amide bonds. The van der Waals surface area contributed by atoms with Crippen molar-refractivity contribution in [3.63, 3.8) is 0 Å². The molecule has 0 bridgehead atoms. The largest absolute Gasteiger partial charge is 0.496 e. The van der Waals surface area contributed by atoms with Crippen LogP contribution in [-0.4, -0.2) is 22.7 Å². The first-order valence-corrected chi connectivity index (χ1v) is 6.45. The third kappa shape index (κ3) is 2.71. The van der Waals surface area contributed by atoms with Gasteiger partial charge in [0.1, 0.15) is 11.6 Å². The molecule has 20 heavy (non-hydrogen) atoms. The van der Waals surface area contributed by atoms with Crippen molar-refractivity contribution >= 4 is 5.78 Å². The minimum absolute atomic E-state index is 0.00324. The van der Waals surface area contributed by atoms with Crippen molar-refractivity contribution in [1.29, 1.82) is 0 Å². The number of carbonyl (C=O) groups is 1. The first-order valence-electron chi connectivity index (χ1n) is 6.45. The molecule has 1 aromatic heterocycles. The highest BCUT2D eigenvalue weighted by molar-refractivity contribution is 6.00. The molecular weight excluding hydrogens is 259 g/mol. The van der Waals surface area contributed by atoms with Crippen molar-refractivity contribution in [3.05, 3.63) is 47.0 Å². The van der Waals surface area contributed by atoms with Crippen LogP contribution < -0.4 is 4.74 Å². The summed E-state index contributed by atoms with van der Waals surface area (Å²) in [6.45, 7) is 4.48. The van der Waals surface area contributed by atoms with E-state index in [1.165, 1.54) is 19.2 Å². The SMILES string of the molecule is CCn1nc(C)cc1CC(=O)c1c(F)cccc1OC. The van der Waals surface area contributed by atoms with E-state index in [1.54, 1.807) is 10.7 Å². The number of halogens is 1. The summed E-state index contributed by atoms with van der Waals surface area (Å²) in [4.78, 5) is 12.3. The topological polar surface area (TPSA) is 44.1 Å². The molecule has 0 aliphatic carbocycles. The van der Waals surface area contributed by atoms with Gasteiger partial charge in [0.05, 0.1) is 24.8 Å². The number of aromatic nitrogens is 2. The molecule has 0 atom stereocenters. The van der Waals surface area contributed by atoms with Crippen LogP contribution >= 0.6 is 0 Å². The molecule has 0 spiro atoms. The van der Waals surface area contributed by atoms with Gasteiger partial charge in [-0.2, -0.15) is 5.10 Å². The predicted octanol–water partition coefficient (Wildman–Crippen LogP) is 2.78. The fraction of sp³-hybridized carbons (Fsp3) is 0.333. The fourth-order valence-corrected chi connectivity index (χ4v) is 2.21. The van der Waals surface area contributed by atoms with E-state index in [4.69, 9.17) is 4.74 Å². The van der Waals surface area contributed by atoms with Gasteiger partial charge < -0.3 is 4.74 Å². The normalized spacial score (nSPS) is 10.6. The van der Waals surface area contributed by atoms with Crippen molar-refractivity contribution in [2.75, 3.05) is 7.11 Å². The zero-order valence-electron chi connectivity index (χ0n) is 11.8. The molecule has 0 saturated carbocycles. The highest BCUT2D eigenvalue weighted by Gasteiger charge is 2.19. The number of nitrogens with zero attached hydrogens (tertiary/aromatic N) is 2. The summed E-state index contributed by atoms with van der Waals surface area (Å²) in [5.74, 6) is -0.613. The summed E-state index contributed by atoms with van der Waals surface area (Å²) < 4.78 is 20.7. The minimum atomic E-state index is -0.561. The Morgan fingerprint density at radius 2 is 2.20 bits per heavy atom. The maximum Gasteiger partial charge on any atom is 0.175 e. The first-order chi connectivity index (χ1) is 9.56. The summed E-state index contributed by atoms with van der Waals surface area (Å²) in [6, 6.07) is 6.21. The lowest BCUT2D eigenvalue weighted by Crippen LogP contribution is -2.12. The van der Waals surface area contributed by atoms with Crippen LogP contribution in [0.1, 0.15) is 28.7 Å². The Morgan fingerprint density at radius 1 is 1.45 bits per heavy atom. The Balaban J connectivity index is 2.33. The van der Waals surface area contributed by atoms with Gasteiger partial charge in [-0.25, -0.2) is 4.39 Å². The number of ether oxygens (including phenoxy) is 1. The molecule has 0 unspecified atom stereocenters. The lowest BCUT2D eigenvalue weighted by molar-refractivity contribution is 0.0983. The van der Waals surface area contributed by atoms with Crippen molar-refractivity contribution in [2.45, 2.75) is 26.8 Å². The van der Waals surface area contributed by atoms with Gasteiger partial charge in [0, 0.05) is 12.2 Å². The molecule has 4 nitrogen and oxygen atoms in total. The Morgan fingerprint density at radius 3 is 2.85 bits per heavy atom. The Kier molecular flexibility index (Phi) is 4.17. The van der Waals surface area contributed by atoms with Crippen LogP contribution in [0.15, 0.2) is 24.3 Å². The van der Waals surface area contributed by atoms with Crippen molar-refractivity contribution in [1.82, 2.24) is 9.78 Å². The molecule has 5 heteroatoms. The highest BCUT2D eigenvalue weighted by Crippen LogP contribution is 2.23. The molecule has 106 valence electrons. The molecular formula is C15H17FN2O2. The molecule has 0 saturated heterocycles. The van der Waals surface area contributed by atoms with E-state index in [2.05, 4.69) is 5.10 Å². The van der Waals surface area contributed by atoms with Crippen LogP contribution in [0, 0.1) is 12.7 Å². The summed E-state index contributed by atoms with van der Waals surface area (Å²) in [5.41, 5.74) is 1.62. The van der Waals surface area contributed by atoms with Crippen LogP contribution in [0.4, 0.5) is 4.39 Å². The lowest BCUT2D eigenvalue weighted by Gasteiger charge is -2.09. The smallest absolute Gasteiger partial charge is 0.175 e. The average Bonchev–Trinajstić information content (AvgIpc) is 2.78. The quantitative estimate of drug-likeness (QED) is 0.789. The Labute approximate surface area is 117 Å². The molecule has 2 aromatic rings. The van der Waals surface area contributed by atoms with Gasteiger partial charge in [0.25, 0.3) is 0 Å². The van der Waals surface area contributed by atoms with Crippen LogP contribution in [-0.2, 0) is 13.0 Å². The molecule has 0 radical (unpaired) electrons. The summed E-state index contributed by atoms with van der Waals surface area (Å²) in [5, 5.41) is 4.28. The zero-order valence-corrected chi connectivity index (χ0v) is 11.8. The maximum absolute atomic E-state index is 13.9. The van der Waals surface area contributed by atoms with Crippen LogP contribution in [0.25, 0.3) is 0 Å². The van der Waals surface area contributed by atoms with E-state index in [1.807, 2.05) is 19.9 Å². The van der Waals surface area contributed by atoms with Crippen molar-refractivity contribution in [2.24, 2.45) is 0 Å². The molecule has 0 aliphatic heterocycles. The number of Topliss-reactive ketones (excluding diaryl/α,β-unsaturated/α-hetero) is 1. The Hall–Kier alpha value is -2.17. The summed E-state index contributed by atoms with van der Waals surface area (Å²) in [7, 11) is 1.42. The van der Waals surface area contributed by atoms with Crippen molar-refractivity contribution in [3.8, 4) is 5.75 Å². The van der Waals surface area contributed by atoms with E-state index in [0.717, 1.165) is 11.4 Å². The standard InChI is InChI=1S/C15H17FN2O2/c1-4-18-11(8-10(2)17-18)9-13(19)15-12(16)6-5-7-14(15)20-3/h5-8H,4,9H2,1-3H3. The highest BCUT2D eigenvalue weighted by atomic mass is 19.1. The molecule has 0 aliphatic rings. The number of ketones is 1. The van der Waals surface area contributed by atoms with Gasteiger partial charge >= 0.3 is 0 Å². The van der Waals surface area contributed by atoms with E-state index in [9.17, 15) is 9.18 Å². The summed E-state index contributed by atoms with van der Waals surface area (Å²) in [6.07, 6.45) is 0.103. The number of aryl methyl sites for hydroxylation is 2. The number of rotatable bonds is 5. The van der Waals surface area contributed by atoms with E-state index in [0.29, 0.717) is 6.54 Å². The third-order valence-corrected chi connectivity index (χ3v) is 3.10. The molecule has 0 fully saturated rings. The average molecular weight is 276 g/mol. The number of hydrogen-bond acceptors (Lipinski definition) is 3. The monoisotopic (exact) mass is 276 g/mol. The second-order valence-corrected chi connectivity index (χ2v) is 4.51. The number of hydrogen-bond donors (Lipinski definition) is 0.